The maximum absolute atomic E-state index is 9.86. The third-order valence-electron chi connectivity index (χ3n) is 2.04. The van der Waals surface area contributed by atoms with Gasteiger partial charge in [0, 0.05) is 32.5 Å². The highest BCUT2D eigenvalue weighted by molar-refractivity contribution is 8.01. The van der Waals surface area contributed by atoms with Crippen LogP contribution < -0.4 is 0 Å². The van der Waals surface area contributed by atoms with Crippen LogP contribution in [-0.2, 0) is 0 Å². The van der Waals surface area contributed by atoms with Gasteiger partial charge >= 0.3 is 0 Å². The lowest BCUT2D eigenvalue weighted by Gasteiger charge is -2.21. The van der Waals surface area contributed by atoms with Gasteiger partial charge in [-0.15, -0.1) is 0 Å². The molecular weight excluding hydrogens is 296 g/mol. The number of hydrogen-bond acceptors (Lipinski definition) is 5. The van der Waals surface area contributed by atoms with Gasteiger partial charge in [-0.3, -0.25) is 0 Å². The Balaban J connectivity index is 3.61. The van der Waals surface area contributed by atoms with Crippen LogP contribution in [0.4, 0.5) is 0 Å². The van der Waals surface area contributed by atoms with Crippen molar-refractivity contribution in [1.82, 2.24) is 0 Å². The second kappa shape index (κ2) is 9.08. The molecule has 0 aromatic heterocycles. The monoisotopic (exact) mass is 326 g/mol. The minimum absolute atomic E-state index is 0.203. The van der Waals surface area contributed by atoms with E-state index in [1.807, 2.05) is 0 Å². The van der Waals surface area contributed by atoms with Gasteiger partial charge in [-0.1, -0.05) is 41.5 Å². The molecule has 0 saturated carbocycles. The highest BCUT2D eigenvalue weighted by atomic mass is 32.2. The fraction of sp³-hybridized carbons (Fsp3) is 1.00. The first-order valence-corrected chi connectivity index (χ1v) is 9.84. The van der Waals surface area contributed by atoms with Gasteiger partial charge in [-0.05, 0) is 0 Å². The molecule has 0 aromatic carbocycles. The van der Waals surface area contributed by atoms with Gasteiger partial charge in [-0.2, -0.15) is 35.3 Å². The summed E-state index contributed by atoms with van der Waals surface area (Å²) in [5, 5.41) is 19.7. The molecule has 0 bridgehead atoms. The highest BCUT2D eigenvalue weighted by Crippen LogP contribution is 2.26. The summed E-state index contributed by atoms with van der Waals surface area (Å²) in [6.07, 6.45) is -0.562. The van der Waals surface area contributed by atoms with Gasteiger partial charge in [0.15, 0.2) is 0 Å². The second-order valence-corrected chi connectivity index (χ2v) is 11.5. The molecule has 5 heteroatoms. The van der Waals surface area contributed by atoms with Crippen molar-refractivity contribution in [3.63, 3.8) is 0 Å². The van der Waals surface area contributed by atoms with E-state index in [0.29, 0.717) is 11.5 Å². The van der Waals surface area contributed by atoms with E-state index in [1.165, 1.54) is 0 Å². The van der Waals surface area contributed by atoms with Gasteiger partial charge in [0.1, 0.15) is 0 Å². The first-order chi connectivity index (χ1) is 8.49. The van der Waals surface area contributed by atoms with E-state index in [-0.39, 0.29) is 21.7 Å². The predicted molar refractivity (Wildman–Crippen MR) is 93.8 cm³/mol. The molecule has 0 aromatic rings. The van der Waals surface area contributed by atoms with E-state index in [4.69, 9.17) is 0 Å². The molecule has 19 heavy (non-hydrogen) atoms. The fourth-order valence-electron chi connectivity index (χ4n) is 1.13. The molecule has 0 rings (SSSR count). The zero-order valence-electron chi connectivity index (χ0n) is 13.1. The van der Waals surface area contributed by atoms with Gasteiger partial charge in [0.2, 0.25) is 0 Å². The van der Waals surface area contributed by atoms with E-state index in [1.54, 1.807) is 35.3 Å². The van der Waals surface area contributed by atoms with Crippen LogP contribution in [0.25, 0.3) is 0 Å². The largest absolute Gasteiger partial charge is 0.391 e. The molecule has 0 aliphatic rings. The Morgan fingerprint density at radius 3 is 1.26 bits per heavy atom. The smallest absolute Gasteiger partial charge is 0.0721 e. The van der Waals surface area contributed by atoms with Gasteiger partial charge in [-0.25, -0.2) is 0 Å². The minimum atomic E-state index is -0.281. The number of aliphatic hydroxyl groups excluding tert-OH is 2. The zero-order chi connectivity index (χ0) is 15.1. The summed E-state index contributed by atoms with van der Waals surface area (Å²) >= 11 is 5.21. The Hall–Kier alpha value is 0.970. The Morgan fingerprint density at radius 1 is 0.684 bits per heavy atom. The topological polar surface area (TPSA) is 40.5 Å². The number of hydrogen-bond donors (Lipinski definition) is 2. The molecule has 0 radical (unpaired) electrons. The summed E-state index contributed by atoms with van der Waals surface area (Å²) in [6.45, 7) is 12.9. The van der Waals surface area contributed by atoms with Crippen molar-refractivity contribution < 1.29 is 10.2 Å². The minimum Gasteiger partial charge on any atom is -0.391 e. The lowest BCUT2D eigenvalue weighted by molar-refractivity contribution is 0.219. The zero-order valence-corrected chi connectivity index (χ0v) is 15.6. The Bertz CT molecular complexity index is 210. The molecule has 0 amide bonds. The first-order valence-electron chi connectivity index (χ1n) is 6.71. The SMILES string of the molecule is CC(C)(C)SCC(O)CSCC(O)CSC(C)(C)C. The van der Waals surface area contributed by atoms with Gasteiger partial charge < -0.3 is 10.2 Å². The van der Waals surface area contributed by atoms with E-state index in [0.717, 1.165) is 11.5 Å². The third kappa shape index (κ3) is 15.2. The van der Waals surface area contributed by atoms with Crippen LogP contribution in [-0.4, -0.2) is 54.9 Å². The Kier molecular flexibility index (Phi) is 9.55. The summed E-state index contributed by atoms with van der Waals surface area (Å²) in [5.74, 6) is 2.95. The van der Waals surface area contributed by atoms with E-state index >= 15 is 0 Å². The van der Waals surface area contributed by atoms with Gasteiger partial charge in [0.25, 0.3) is 0 Å². The van der Waals surface area contributed by atoms with Crippen molar-refractivity contribution in [3.8, 4) is 0 Å². The summed E-state index contributed by atoms with van der Waals surface area (Å²) in [7, 11) is 0. The van der Waals surface area contributed by atoms with Crippen molar-refractivity contribution in [3.05, 3.63) is 0 Å². The molecule has 2 unspecified atom stereocenters. The van der Waals surface area contributed by atoms with Crippen molar-refractivity contribution in [2.45, 2.75) is 63.2 Å². The average molecular weight is 327 g/mol. The highest BCUT2D eigenvalue weighted by Gasteiger charge is 2.16. The lowest BCUT2D eigenvalue weighted by Crippen LogP contribution is -2.22. The van der Waals surface area contributed by atoms with Crippen molar-refractivity contribution >= 4 is 35.3 Å². The standard InChI is InChI=1S/C14H30O2S3/c1-13(2,3)18-9-11(15)7-17-8-12(16)10-19-14(4,5)6/h11-12,15-16H,7-10H2,1-6H3. The van der Waals surface area contributed by atoms with Crippen LogP contribution >= 0.6 is 35.3 Å². The van der Waals surface area contributed by atoms with Crippen molar-refractivity contribution in [2.75, 3.05) is 23.0 Å². The van der Waals surface area contributed by atoms with E-state index in [2.05, 4.69) is 41.5 Å². The quantitative estimate of drug-likeness (QED) is 0.714. The maximum atomic E-state index is 9.86. The molecule has 2 N–H and O–H groups in total. The predicted octanol–water partition coefficient (Wildman–Crippen LogP) is 3.50. The Morgan fingerprint density at radius 2 is 1.00 bits per heavy atom. The molecule has 0 aliphatic heterocycles. The summed E-state index contributed by atoms with van der Waals surface area (Å²) in [6, 6.07) is 0. The normalized spacial score (nSPS) is 16.4. The van der Waals surface area contributed by atoms with Crippen LogP contribution in [0.15, 0.2) is 0 Å². The Labute approximate surface area is 131 Å². The molecule has 0 saturated heterocycles. The van der Waals surface area contributed by atoms with Crippen LogP contribution in [0.1, 0.15) is 41.5 Å². The third-order valence-corrected chi connectivity index (χ3v) is 6.11. The molecule has 0 heterocycles. The second-order valence-electron chi connectivity index (χ2n) is 6.69. The molecule has 0 spiro atoms. The van der Waals surface area contributed by atoms with Crippen LogP contribution in [0.2, 0.25) is 0 Å². The van der Waals surface area contributed by atoms with Crippen LogP contribution in [0, 0.1) is 0 Å². The van der Waals surface area contributed by atoms with Crippen molar-refractivity contribution in [2.24, 2.45) is 0 Å². The maximum Gasteiger partial charge on any atom is 0.0721 e. The molecule has 2 atom stereocenters. The lowest BCUT2D eigenvalue weighted by atomic mass is 10.3. The molecular formula is C14H30O2S3. The van der Waals surface area contributed by atoms with Crippen LogP contribution in [0.5, 0.6) is 0 Å². The number of thioether (sulfide) groups is 3. The number of aliphatic hydroxyl groups is 2. The summed E-state index contributed by atoms with van der Waals surface area (Å²) in [4.78, 5) is 0. The van der Waals surface area contributed by atoms with E-state index in [9.17, 15) is 10.2 Å². The molecule has 0 fully saturated rings. The summed E-state index contributed by atoms with van der Waals surface area (Å²) in [5.41, 5.74) is 0. The fourth-order valence-corrected chi connectivity index (χ4v) is 3.96. The average Bonchev–Trinajstić information content (AvgIpc) is 2.22. The number of rotatable bonds is 8. The molecule has 2 nitrogen and oxygen atoms in total. The van der Waals surface area contributed by atoms with Gasteiger partial charge in [0.05, 0.1) is 12.2 Å². The molecule has 116 valence electrons. The van der Waals surface area contributed by atoms with Crippen LogP contribution in [0.3, 0.4) is 0 Å². The summed E-state index contributed by atoms with van der Waals surface area (Å²) < 4.78 is 0.406. The van der Waals surface area contributed by atoms with E-state index < -0.39 is 0 Å². The molecule has 0 aliphatic carbocycles. The first kappa shape index (κ1) is 20.0. The van der Waals surface area contributed by atoms with Crippen molar-refractivity contribution in [1.29, 1.82) is 0 Å².